The predicted molar refractivity (Wildman–Crippen MR) is 11.6 cm³/mol. The van der Waals surface area contributed by atoms with Gasteiger partial charge >= 0.3 is 51.2 Å². The van der Waals surface area contributed by atoms with E-state index in [2.05, 4.69) is 0 Å². The van der Waals surface area contributed by atoms with Gasteiger partial charge in [-0.1, -0.05) is 0 Å². The van der Waals surface area contributed by atoms with Crippen LogP contribution in [-0.4, -0.2) is 32.9 Å². The van der Waals surface area contributed by atoms with Crippen LogP contribution in [0.3, 0.4) is 0 Å². The molecule has 0 aromatic carbocycles. The monoisotopic (exact) mass is 291 g/mol. The van der Waals surface area contributed by atoms with E-state index >= 15 is 0 Å². The van der Waals surface area contributed by atoms with Crippen molar-refractivity contribution in [3.63, 3.8) is 0 Å². The van der Waals surface area contributed by atoms with E-state index in [1.165, 1.54) is 0 Å². The van der Waals surface area contributed by atoms with Crippen LogP contribution in [0.25, 0.3) is 0 Å². The minimum Gasteiger partial charge on any atom is -0.870 e. The quantitative estimate of drug-likeness (QED) is 0.512. The van der Waals surface area contributed by atoms with Crippen LogP contribution in [0.1, 0.15) is 0 Å². The summed E-state index contributed by atoms with van der Waals surface area (Å²) in [6.45, 7) is 0. The third-order valence-corrected chi connectivity index (χ3v) is 0. The summed E-state index contributed by atoms with van der Waals surface area (Å²) in [7, 11) is 0. The molecular weight excluding hydrogens is 287 g/mol. The zero-order chi connectivity index (χ0) is 0. The number of rotatable bonds is 0. The molecule has 0 bridgehead atoms. The maximum absolute atomic E-state index is 0. The van der Waals surface area contributed by atoms with E-state index in [0.717, 1.165) is 0 Å². The molecule has 0 aliphatic rings. The van der Waals surface area contributed by atoms with Crippen LogP contribution < -0.4 is 0 Å². The topological polar surface area (TPSA) is 180 Å². The van der Waals surface area contributed by atoms with Gasteiger partial charge in [0.1, 0.15) is 0 Å². The fourth-order valence-corrected chi connectivity index (χ4v) is 0. The second kappa shape index (κ2) is 371. The molecule has 9 heteroatoms. The van der Waals surface area contributed by atoms with Gasteiger partial charge in [-0.2, -0.15) is 0 Å². The Bertz CT molecular complexity index is 8.26. The molecule has 0 aromatic rings. The molecular formula is H6Cu3O6. The Labute approximate surface area is 84.0 Å². The Morgan fingerprint density at radius 1 is 0.222 bits per heavy atom. The van der Waals surface area contributed by atoms with Gasteiger partial charge in [0.05, 0.1) is 0 Å². The van der Waals surface area contributed by atoms with E-state index in [-0.39, 0.29) is 84.1 Å². The van der Waals surface area contributed by atoms with Crippen molar-refractivity contribution in [1.82, 2.24) is 0 Å². The zero-order valence-corrected chi connectivity index (χ0v) is 6.41. The molecule has 0 unspecified atom stereocenters. The van der Waals surface area contributed by atoms with Crippen molar-refractivity contribution in [3.8, 4) is 0 Å². The van der Waals surface area contributed by atoms with Gasteiger partial charge in [-0.3, -0.25) is 0 Å². The summed E-state index contributed by atoms with van der Waals surface area (Å²) >= 11 is 0. The van der Waals surface area contributed by atoms with Crippen molar-refractivity contribution in [3.05, 3.63) is 0 Å². The second-order valence-corrected chi connectivity index (χ2v) is 0. The molecule has 6 N–H and O–H groups in total. The van der Waals surface area contributed by atoms with Crippen molar-refractivity contribution in [1.29, 1.82) is 0 Å². The fraction of sp³-hybridized carbons (Fsp3) is 0. The summed E-state index contributed by atoms with van der Waals surface area (Å²) in [5.41, 5.74) is 0. The normalized spacial score (nSPS) is 0. The van der Waals surface area contributed by atoms with Gasteiger partial charge in [0.2, 0.25) is 0 Å². The van der Waals surface area contributed by atoms with Crippen molar-refractivity contribution in [2.24, 2.45) is 0 Å². The summed E-state index contributed by atoms with van der Waals surface area (Å²) in [5.74, 6) is 0. The molecule has 6 nitrogen and oxygen atoms in total. The molecule has 0 fully saturated rings. The maximum atomic E-state index is 0. The number of hydrogen-bond donors (Lipinski definition) is 0. The van der Waals surface area contributed by atoms with E-state index in [1.807, 2.05) is 0 Å². The van der Waals surface area contributed by atoms with Gasteiger partial charge in [0.15, 0.2) is 0 Å². The Morgan fingerprint density at radius 2 is 0.222 bits per heavy atom. The van der Waals surface area contributed by atoms with Crippen LogP contribution in [0.2, 0.25) is 0 Å². The summed E-state index contributed by atoms with van der Waals surface area (Å²) in [6, 6.07) is 0. The van der Waals surface area contributed by atoms with Gasteiger partial charge < -0.3 is 32.9 Å². The second-order valence-electron chi connectivity index (χ2n) is 0. The van der Waals surface area contributed by atoms with Crippen LogP contribution >= 0.6 is 0 Å². The Hall–Kier alpha value is 1.32. The Kier molecular flexibility index (Phi) is 21200. The molecule has 0 heterocycles. The molecule has 0 aliphatic carbocycles. The molecule has 0 aromatic heterocycles. The van der Waals surface area contributed by atoms with Crippen LogP contribution in [0, 0.1) is 0 Å². The first-order valence-corrected chi connectivity index (χ1v) is 0. The first-order chi connectivity index (χ1) is 0. The van der Waals surface area contributed by atoms with Crippen molar-refractivity contribution >= 4 is 0 Å². The van der Waals surface area contributed by atoms with Gasteiger partial charge in [0.25, 0.3) is 0 Å². The summed E-state index contributed by atoms with van der Waals surface area (Å²) in [4.78, 5) is 0. The van der Waals surface area contributed by atoms with Gasteiger partial charge in [-0.25, -0.2) is 0 Å². The van der Waals surface area contributed by atoms with E-state index in [4.69, 9.17) is 0 Å². The minimum absolute atomic E-state index is 0. The molecule has 0 amide bonds. The van der Waals surface area contributed by atoms with Crippen molar-refractivity contribution in [2.75, 3.05) is 0 Å². The van der Waals surface area contributed by atoms with Crippen LogP contribution in [-0.2, 0) is 51.2 Å². The van der Waals surface area contributed by atoms with E-state index in [9.17, 15) is 0 Å². The molecule has 0 spiro atoms. The third kappa shape index (κ3) is 287. The van der Waals surface area contributed by atoms with Gasteiger partial charge in [-0.05, 0) is 0 Å². The third-order valence-electron chi connectivity index (χ3n) is 0. The average molecular weight is 293 g/mol. The van der Waals surface area contributed by atoms with E-state index in [1.54, 1.807) is 0 Å². The maximum Gasteiger partial charge on any atom is 2.00 e. The summed E-state index contributed by atoms with van der Waals surface area (Å²) < 4.78 is 0. The standard InChI is InChI=1S/3Cu.6H2O/h;;;6*1H2/q3*+2;;;;;;/p-6. The van der Waals surface area contributed by atoms with Gasteiger partial charge in [-0.15, -0.1) is 0 Å². The summed E-state index contributed by atoms with van der Waals surface area (Å²) in [5, 5.41) is 0. The number of hydrogen-bond acceptors (Lipinski definition) is 6. The van der Waals surface area contributed by atoms with Crippen molar-refractivity contribution < 1.29 is 84.1 Å². The SMILES string of the molecule is [Cu+2].[Cu+2].[Cu+2].[OH-].[OH-].[OH-].[OH-].[OH-].[OH-]. The molecule has 75 valence electrons. The molecule has 0 saturated carbocycles. The van der Waals surface area contributed by atoms with Gasteiger partial charge in [0, 0.05) is 0 Å². The van der Waals surface area contributed by atoms with Crippen LogP contribution in [0.4, 0.5) is 0 Å². The molecule has 3 radical (unpaired) electrons. The fourth-order valence-electron chi connectivity index (χ4n) is 0. The zero-order valence-electron chi connectivity index (χ0n) is 3.59. The molecule has 9 heavy (non-hydrogen) atoms. The Balaban J connectivity index is 0. The largest absolute Gasteiger partial charge is 2.00 e. The first-order valence-electron chi connectivity index (χ1n) is 0. The van der Waals surface area contributed by atoms with Crippen molar-refractivity contribution in [2.45, 2.75) is 0 Å². The van der Waals surface area contributed by atoms with Crippen LogP contribution in [0.5, 0.6) is 0 Å². The predicted octanol–water partition coefficient (Wildman–Crippen LogP) is -1.07. The molecule has 0 saturated heterocycles. The average Bonchev–Trinajstić information content (AvgIpc) is 0. The van der Waals surface area contributed by atoms with E-state index in [0.29, 0.717) is 0 Å². The molecule has 0 atom stereocenters. The molecule has 0 rings (SSSR count). The summed E-state index contributed by atoms with van der Waals surface area (Å²) in [6.07, 6.45) is 0. The molecule has 0 aliphatic heterocycles. The van der Waals surface area contributed by atoms with Crippen LogP contribution in [0.15, 0.2) is 0 Å². The Morgan fingerprint density at radius 3 is 0.222 bits per heavy atom. The minimum atomic E-state index is 0. The van der Waals surface area contributed by atoms with E-state index < -0.39 is 0 Å². The smallest absolute Gasteiger partial charge is 0.870 e. The first kappa shape index (κ1) is 515.